The van der Waals surface area contributed by atoms with Crippen LogP contribution in [-0.2, 0) is 11.2 Å². The molecule has 0 unspecified atom stereocenters. The van der Waals surface area contributed by atoms with Crippen LogP contribution in [0.15, 0.2) is 59.8 Å². The number of hydrogen-bond acceptors (Lipinski definition) is 5. The highest BCUT2D eigenvalue weighted by atomic mass is 35.5. The summed E-state index contributed by atoms with van der Waals surface area (Å²) in [7, 11) is 0. The first kappa shape index (κ1) is 18.8. The van der Waals surface area contributed by atoms with Gasteiger partial charge in [0.15, 0.2) is 5.82 Å². The highest BCUT2D eigenvalue weighted by Crippen LogP contribution is 2.37. The molecule has 0 fully saturated rings. The Balaban J connectivity index is 1.65. The third-order valence-corrected chi connectivity index (χ3v) is 5.94. The van der Waals surface area contributed by atoms with Gasteiger partial charge in [-0.05, 0) is 30.2 Å². The Morgan fingerprint density at radius 3 is 2.79 bits per heavy atom. The molecule has 1 amide bonds. The minimum Gasteiger partial charge on any atom is -0.325 e. The molecule has 2 atom stereocenters. The van der Waals surface area contributed by atoms with Gasteiger partial charge < -0.3 is 10.7 Å². The van der Waals surface area contributed by atoms with Crippen LogP contribution in [0.25, 0.3) is 0 Å². The fourth-order valence-corrected chi connectivity index (χ4v) is 4.46. The fraction of sp³-hybridized carbons (Fsp3) is 0.250. The van der Waals surface area contributed by atoms with Crippen LogP contribution in [0.5, 0.6) is 0 Å². The lowest BCUT2D eigenvalue weighted by Gasteiger charge is -2.33. The number of halogens is 1. The van der Waals surface area contributed by atoms with Gasteiger partial charge in [0.05, 0.1) is 6.04 Å². The summed E-state index contributed by atoms with van der Waals surface area (Å²) in [5.74, 6) is 0.763. The molecule has 0 bridgehead atoms. The first-order valence-corrected chi connectivity index (χ1v) is 10.4. The van der Waals surface area contributed by atoms with E-state index in [-0.39, 0.29) is 11.9 Å². The van der Waals surface area contributed by atoms with Gasteiger partial charge in [0.25, 0.3) is 0 Å². The van der Waals surface area contributed by atoms with E-state index in [1.807, 2.05) is 47.1 Å². The molecule has 0 radical (unpaired) electrons. The summed E-state index contributed by atoms with van der Waals surface area (Å²) in [5.41, 5.74) is 5.16. The Labute approximate surface area is 172 Å². The maximum absolute atomic E-state index is 13.1. The maximum atomic E-state index is 13.1. The molecule has 4 rings (SSSR count). The maximum Gasteiger partial charge on any atom is 0.240 e. The molecular formula is C20H20ClN5OS. The van der Waals surface area contributed by atoms with Crippen LogP contribution >= 0.6 is 23.4 Å². The smallest absolute Gasteiger partial charge is 0.240 e. The van der Waals surface area contributed by atoms with Crippen molar-refractivity contribution in [2.24, 2.45) is 0 Å². The zero-order valence-corrected chi connectivity index (χ0v) is 16.9. The molecular weight excluding hydrogens is 394 g/mol. The minimum atomic E-state index is -0.410. The van der Waals surface area contributed by atoms with Crippen LogP contribution in [0.2, 0.25) is 5.02 Å². The van der Waals surface area contributed by atoms with Gasteiger partial charge in [-0.15, -0.1) is 10.2 Å². The van der Waals surface area contributed by atoms with Crippen molar-refractivity contribution in [1.82, 2.24) is 14.9 Å². The molecule has 0 spiro atoms. The fourth-order valence-electron chi connectivity index (χ4n) is 3.17. The van der Waals surface area contributed by atoms with E-state index in [0.717, 1.165) is 24.2 Å². The van der Waals surface area contributed by atoms with Crippen molar-refractivity contribution >= 4 is 35.0 Å². The summed E-state index contributed by atoms with van der Waals surface area (Å²) in [6.07, 6.45) is 1.79. The molecule has 0 saturated heterocycles. The molecule has 1 aromatic heterocycles. The van der Waals surface area contributed by atoms with Gasteiger partial charge in [0, 0.05) is 17.1 Å². The van der Waals surface area contributed by atoms with Crippen LogP contribution in [-0.4, -0.2) is 26.0 Å². The molecule has 0 saturated carbocycles. The standard InChI is InChI=1S/C20H20ClN5OS/c1-2-7-16-23-24-20-26(16)25-17(13-8-4-3-5-9-13)18(28-20)19(27)22-15-11-6-10-14(21)12-15/h3-6,8-12,17-18,25H,2,7H2,1H3,(H,22,27)/t17-,18+/m1/s1. The molecule has 28 heavy (non-hydrogen) atoms. The van der Waals surface area contributed by atoms with Crippen molar-refractivity contribution in [3.63, 3.8) is 0 Å². The Morgan fingerprint density at radius 1 is 1.21 bits per heavy atom. The first-order chi connectivity index (χ1) is 13.7. The van der Waals surface area contributed by atoms with E-state index < -0.39 is 5.25 Å². The third kappa shape index (κ3) is 3.86. The number of amides is 1. The molecule has 3 aromatic rings. The van der Waals surface area contributed by atoms with E-state index in [1.54, 1.807) is 12.1 Å². The van der Waals surface area contributed by atoms with E-state index in [9.17, 15) is 4.79 Å². The van der Waals surface area contributed by atoms with E-state index in [1.165, 1.54) is 11.8 Å². The highest BCUT2D eigenvalue weighted by molar-refractivity contribution is 8.00. The normalized spacial score (nSPS) is 18.2. The number of thioether (sulfide) groups is 1. The summed E-state index contributed by atoms with van der Waals surface area (Å²) in [6, 6.07) is 16.9. The Bertz CT molecular complexity index is 978. The van der Waals surface area contributed by atoms with E-state index in [2.05, 4.69) is 27.9 Å². The van der Waals surface area contributed by atoms with E-state index >= 15 is 0 Å². The lowest BCUT2D eigenvalue weighted by Crippen LogP contribution is -2.41. The predicted molar refractivity (Wildman–Crippen MR) is 112 cm³/mol. The quantitative estimate of drug-likeness (QED) is 0.653. The van der Waals surface area contributed by atoms with Crippen molar-refractivity contribution in [1.29, 1.82) is 0 Å². The van der Waals surface area contributed by atoms with Gasteiger partial charge in [-0.1, -0.05) is 66.7 Å². The van der Waals surface area contributed by atoms with Crippen molar-refractivity contribution < 1.29 is 4.79 Å². The molecule has 2 heterocycles. The molecule has 2 N–H and O–H groups in total. The number of carbonyl (C=O) groups excluding carboxylic acids is 1. The van der Waals surface area contributed by atoms with Crippen LogP contribution in [0, 0.1) is 0 Å². The van der Waals surface area contributed by atoms with Gasteiger partial charge in [0.1, 0.15) is 5.25 Å². The first-order valence-electron chi connectivity index (χ1n) is 9.14. The largest absolute Gasteiger partial charge is 0.325 e. The van der Waals surface area contributed by atoms with Crippen molar-refractivity contribution in [3.8, 4) is 0 Å². The molecule has 144 valence electrons. The molecule has 0 aliphatic carbocycles. The number of carbonyl (C=O) groups is 1. The summed E-state index contributed by atoms with van der Waals surface area (Å²) in [6.45, 7) is 2.10. The van der Waals surface area contributed by atoms with Crippen molar-refractivity contribution in [3.05, 3.63) is 71.0 Å². The third-order valence-electron chi connectivity index (χ3n) is 4.49. The van der Waals surface area contributed by atoms with Crippen LogP contribution in [0.1, 0.15) is 30.8 Å². The summed E-state index contributed by atoms with van der Waals surface area (Å²) >= 11 is 7.47. The lowest BCUT2D eigenvalue weighted by atomic mass is 10.0. The second kappa shape index (κ2) is 8.24. The Kier molecular flexibility index (Phi) is 5.54. The number of benzene rings is 2. The predicted octanol–water partition coefficient (Wildman–Crippen LogP) is 4.28. The molecule has 1 aliphatic heterocycles. The SMILES string of the molecule is CCCc1nnc2n1N[C@H](c1ccccc1)[C@@H](C(=O)Nc1cccc(Cl)c1)S2. The summed E-state index contributed by atoms with van der Waals surface area (Å²) < 4.78 is 1.91. The number of fused-ring (bicyclic) bond motifs is 1. The Hall–Kier alpha value is -2.51. The number of nitrogens with one attached hydrogen (secondary N) is 2. The topological polar surface area (TPSA) is 71.8 Å². The molecule has 8 heteroatoms. The Morgan fingerprint density at radius 2 is 2.04 bits per heavy atom. The van der Waals surface area contributed by atoms with Crippen LogP contribution in [0.4, 0.5) is 5.69 Å². The molecule has 2 aromatic carbocycles. The summed E-state index contributed by atoms with van der Waals surface area (Å²) in [4.78, 5) is 13.1. The van der Waals surface area contributed by atoms with E-state index in [4.69, 9.17) is 11.6 Å². The number of anilines is 1. The monoisotopic (exact) mass is 413 g/mol. The van der Waals surface area contributed by atoms with Gasteiger partial charge in [-0.25, -0.2) is 4.68 Å². The average Bonchev–Trinajstić information content (AvgIpc) is 3.10. The number of aromatic nitrogens is 3. The average molecular weight is 414 g/mol. The van der Waals surface area contributed by atoms with Crippen LogP contribution < -0.4 is 10.7 Å². The summed E-state index contributed by atoms with van der Waals surface area (Å²) in [5, 5.41) is 12.4. The van der Waals surface area contributed by atoms with E-state index in [0.29, 0.717) is 15.9 Å². The molecule has 6 nitrogen and oxygen atoms in total. The van der Waals surface area contributed by atoms with Crippen LogP contribution in [0.3, 0.4) is 0 Å². The van der Waals surface area contributed by atoms with Gasteiger partial charge in [-0.3, -0.25) is 4.79 Å². The minimum absolute atomic E-state index is 0.111. The molecule has 1 aliphatic rings. The van der Waals surface area contributed by atoms with Gasteiger partial charge >= 0.3 is 0 Å². The number of nitrogens with zero attached hydrogens (tertiary/aromatic N) is 3. The number of aryl methyl sites for hydroxylation is 1. The zero-order chi connectivity index (χ0) is 19.5. The second-order valence-electron chi connectivity index (χ2n) is 6.54. The van der Waals surface area contributed by atoms with Gasteiger partial charge in [0.2, 0.25) is 11.1 Å². The number of hydrogen-bond donors (Lipinski definition) is 2. The van der Waals surface area contributed by atoms with Gasteiger partial charge in [-0.2, -0.15) is 0 Å². The second-order valence-corrected chi connectivity index (χ2v) is 8.08. The zero-order valence-electron chi connectivity index (χ0n) is 15.3. The van der Waals surface area contributed by atoms with Crippen molar-refractivity contribution in [2.75, 3.05) is 10.7 Å². The lowest BCUT2D eigenvalue weighted by molar-refractivity contribution is -0.116. The highest BCUT2D eigenvalue weighted by Gasteiger charge is 2.37. The number of rotatable bonds is 5. The van der Waals surface area contributed by atoms with Crippen molar-refractivity contribution in [2.45, 2.75) is 36.2 Å².